The van der Waals surface area contributed by atoms with Crippen LogP contribution < -0.4 is 26.2 Å². The summed E-state index contributed by atoms with van der Waals surface area (Å²) in [4.78, 5) is 5.19. The van der Waals surface area contributed by atoms with Crippen molar-refractivity contribution >= 4 is 111 Å². The van der Waals surface area contributed by atoms with E-state index in [1.54, 1.807) is 0 Å². The maximum Gasteiger partial charge on any atom is 0.252 e. The molecule has 4 heteroatoms. The first kappa shape index (κ1) is 52.0. The Morgan fingerprint density at radius 3 is 1.30 bits per heavy atom. The Labute approximate surface area is 505 Å². The zero-order chi connectivity index (χ0) is 58.5. The van der Waals surface area contributed by atoms with Crippen molar-refractivity contribution in [2.75, 3.05) is 9.80 Å². The SMILES string of the molecule is CC(C)(C)c1cc2c3c(c1)N(c1ccc(-c4ccccc4)cc1)c1cc(-n4c5ccccc5c5ccccc54)ccc1B3c1cc(-c3cc4cc(C(C)(C)C)cc5ccc6cc(C(C)(C)C)cc3c6c54)ccc1N2c1ccc(-c2ccccc2)cc1. The van der Waals surface area contributed by atoms with Crippen LogP contribution in [0.1, 0.15) is 79.0 Å². The molecular weight excluding hydrogens is 1040 g/mol. The molecule has 14 aromatic rings. The molecule has 3 nitrogen and oxygen atoms in total. The van der Waals surface area contributed by atoms with Crippen LogP contribution in [-0.2, 0) is 16.2 Å². The third-order valence-electron chi connectivity index (χ3n) is 18.9. The van der Waals surface area contributed by atoms with Gasteiger partial charge in [0.25, 0.3) is 6.71 Å². The number of para-hydroxylation sites is 2. The Morgan fingerprint density at radius 1 is 0.291 bits per heavy atom. The van der Waals surface area contributed by atoms with E-state index in [2.05, 4.69) is 325 Å². The summed E-state index contributed by atoms with van der Waals surface area (Å²) in [6, 6.07) is 94.9. The van der Waals surface area contributed by atoms with Crippen LogP contribution in [0.4, 0.5) is 34.1 Å². The number of anilines is 6. The molecule has 2 aliphatic rings. The first-order valence-corrected chi connectivity index (χ1v) is 30.7. The van der Waals surface area contributed by atoms with E-state index in [0.29, 0.717) is 0 Å². The Balaban J connectivity index is 1.00. The van der Waals surface area contributed by atoms with Crippen molar-refractivity contribution in [1.29, 1.82) is 0 Å². The number of benzene rings is 13. The molecular formula is C82H68BN3. The van der Waals surface area contributed by atoms with E-state index in [1.165, 1.54) is 143 Å². The molecule has 0 aliphatic carbocycles. The van der Waals surface area contributed by atoms with Gasteiger partial charge in [-0.15, -0.1) is 0 Å². The van der Waals surface area contributed by atoms with Gasteiger partial charge in [0.05, 0.1) is 11.0 Å². The lowest BCUT2D eigenvalue weighted by molar-refractivity contribution is 0.590. The average Bonchev–Trinajstić information content (AvgIpc) is 0.827. The highest BCUT2D eigenvalue weighted by atomic mass is 15.2. The fraction of sp³-hybridized carbons (Fsp3) is 0.146. The van der Waals surface area contributed by atoms with Crippen LogP contribution in [0.5, 0.6) is 0 Å². The summed E-state index contributed by atoms with van der Waals surface area (Å²) >= 11 is 0. The molecule has 2 aliphatic heterocycles. The third kappa shape index (κ3) is 8.17. The molecule has 0 saturated carbocycles. The maximum absolute atomic E-state index is 2.60. The van der Waals surface area contributed by atoms with Crippen molar-refractivity contribution in [3.05, 3.63) is 265 Å². The zero-order valence-corrected chi connectivity index (χ0v) is 50.6. The fourth-order valence-corrected chi connectivity index (χ4v) is 14.4. The van der Waals surface area contributed by atoms with E-state index in [1.807, 2.05) is 0 Å². The fourth-order valence-electron chi connectivity index (χ4n) is 14.4. The maximum atomic E-state index is 2.60. The minimum atomic E-state index is -0.186. The lowest BCUT2D eigenvalue weighted by Crippen LogP contribution is -2.61. The quantitative estimate of drug-likeness (QED) is 0.121. The van der Waals surface area contributed by atoms with Crippen molar-refractivity contribution < 1.29 is 0 Å². The van der Waals surface area contributed by atoms with Crippen LogP contribution in [0.25, 0.3) is 93.2 Å². The molecule has 0 amide bonds. The van der Waals surface area contributed by atoms with Crippen LogP contribution in [-0.4, -0.2) is 11.3 Å². The lowest BCUT2D eigenvalue weighted by atomic mass is 9.33. The standard InChI is InChI=1S/C82H68BN3/c1-80(2,3)59-42-56-28-29-57-43-60(81(4,5)6)47-68-67(45-58(44-59)77(56)78(57)68)55-34-41-73-70(46-55)83-69-40-39-64(86-71-26-18-16-24-65(71)66-25-17-19-27-72(66)86)50-74(69)85(63-37-32-54(33-38-63)52-22-14-11-15-23-52)76-49-61(82(7,8)9)48-75(79(76)83)84(73)62-35-30-53(31-36-62)51-20-12-10-13-21-51/h10-50H,1-9H3. The first-order chi connectivity index (χ1) is 41.5. The number of fused-ring (bicyclic) bond motifs is 7. The number of nitrogens with zero attached hydrogens (tertiary/aromatic N) is 3. The van der Waals surface area contributed by atoms with Gasteiger partial charge in [-0.2, -0.15) is 0 Å². The number of rotatable bonds is 6. The summed E-state index contributed by atoms with van der Waals surface area (Å²) in [5.74, 6) is 0. The summed E-state index contributed by atoms with van der Waals surface area (Å²) in [7, 11) is 0. The van der Waals surface area contributed by atoms with Gasteiger partial charge in [0.1, 0.15) is 0 Å². The smallest absolute Gasteiger partial charge is 0.252 e. The van der Waals surface area contributed by atoms with Crippen LogP contribution in [0.2, 0.25) is 0 Å². The highest BCUT2D eigenvalue weighted by Crippen LogP contribution is 2.50. The molecule has 414 valence electrons. The average molecular weight is 1110 g/mol. The molecule has 1 aromatic heterocycles. The molecule has 3 heterocycles. The Hall–Kier alpha value is -9.64. The number of hydrogen-bond acceptors (Lipinski definition) is 2. The molecule has 0 radical (unpaired) electrons. The summed E-state index contributed by atoms with van der Waals surface area (Å²) in [5.41, 5.74) is 25.4. The molecule has 0 N–H and O–H groups in total. The van der Waals surface area contributed by atoms with E-state index in [9.17, 15) is 0 Å². The van der Waals surface area contributed by atoms with Crippen LogP contribution in [0.15, 0.2) is 249 Å². The Morgan fingerprint density at radius 2 is 0.744 bits per heavy atom. The number of hydrogen-bond donors (Lipinski definition) is 0. The highest BCUT2D eigenvalue weighted by Gasteiger charge is 2.45. The molecule has 86 heavy (non-hydrogen) atoms. The largest absolute Gasteiger partial charge is 0.311 e. The normalized spacial score (nSPS) is 13.3. The van der Waals surface area contributed by atoms with Gasteiger partial charge in [0.15, 0.2) is 0 Å². The summed E-state index contributed by atoms with van der Waals surface area (Å²) in [6.45, 7) is 21.0. The first-order valence-electron chi connectivity index (χ1n) is 30.7. The van der Waals surface area contributed by atoms with E-state index in [0.717, 1.165) is 17.1 Å². The van der Waals surface area contributed by atoms with Crippen LogP contribution >= 0.6 is 0 Å². The van der Waals surface area contributed by atoms with Crippen molar-refractivity contribution in [1.82, 2.24) is 4.57 Å². The topological polar surface area (TPSA) is 11.4 Å². The second-order valence-corrected chi connectivity index (χ2v) is 27.4. The molecule has 0 fully saturated rings. The summed E-state index contributed by atoms with van der Waals surface area (Å²) < 4.78 is 2.48. The third-order valence-corrected chi connectivity index (χ3v) is 18.9. The second-order valence-electron chi connectivity index (χ2n) is 27.4. The molecule has 13 aromatic carbocycles. The predicted molar refractivity (Wildman–Crippen MR) is 371 cm³/mol. The van der Waals surface area contributed by atoms with Crippen molar-refractivity contribution in [3.8, 4) is 39.1 Å². The summed E-state index contributed by atoms with van der Waals surface area (Å²) in [6.07, 6.45) is 0. The molecule has 0 spiro atoms. The minimum absolute atomic E-state index is 0.0237. The highest BCUT2D eigenvalue weighted by molar-refractivity contribution is 7.00. The van der Waals surface area contributed by atoms with Crippen LogP contribution in [0, 0.1) is 0 Å². The van der Waals surface area contributed by atoms with Gasteiger partial charge in [-0.1, -0.05) is 232 Å². The Kier molecular flexibility index (Phi) is 11.4. The molecule has 16 rings (SSSR count). The monoisotopic (exact) mass is 1110 g/mol. The van der Waals surface area contributed by atoms with E-state index in [-0.39, 0.29) is 23.0 Å². The molecule has 0 atom stereocenters. The second kappa shape index (κ2) is 18.9. The predicted octanol–water partition coefficient (Wildman–Crippen LogP) is 20.7. The number of aromatic nitrogens is 1. The van der Waals surface area contributed by atoms with E-state index in [4.69, 9.17) is 0 Å². The van der Waals surface area contributed by atoms with Gasteiger partial charge >= 0.3 is 0 Å². The Bertz CT molecular complexity index is 4980. The minimum Gasteiger partial charge on any atom is -0.311 e. The molecule has 0 unspecified atom stereocenters. The van der Waals surface area contributed by atoms with Gasteiger partial charge < -0.3 is 14.4 Å². The van der Waals surface area contributed by atoms with Gasteiger partial charge in [-0.05, 0) is 194 Å². The van der Waals surface area contributed by atoms with Crippen molar-refractivity contribution in [2.24, 2.45) is 0 Å². The van der Waals surface area contributed by atoms with Crippen molar-refractivity contribution in [3.63, 3.8) is 0 Å². The molecule has 0 saturated heterocycles. The van der Waals surface area contributed by atoms with E-state index >= 15 is 0 Å². The van der Waals surface area contributed by atoms with Gasteiger partial charge in [-0.3, -0.25) is 0 Å². The van der Waals surface area contributed by atoms with Gasteiger partial charge in [-0.25, -0.2) is 0 Å². The zero-order valence-electron chi connectivity index (χ0n) is 50.6. The van der Waals surface area contributed by atoms with Crippen molar-refractivity contribution in [2.45, 2.75) is 78.6 Å². The lowest BCUT2D eigenvalue weighted by Gasteiger charge is -2.45. The van der Waals surface area contributed by atoms with Gasteiger partial charge in [0, 0.05) is 50.6 Å². The molecule has 0 bridgehead atoms. The van der Waals surface area contributed by atoms with Gasteiger partial charge in [0.2, 0.25) is 0 Å². The van der Waals surface area contributed by atoms with E-state index < -0.39 is 0 Å². The summed E-state index contributed by atoms with van der Waals surface area (Å²) in [5, 5.41) is 10.4. The van der Waals surface area contributed by atoms with Crippen LogP contribution in [0.3, 0.4) is 0 Å².